The summed E-state index contributed by atoms with van der Waals surface area (Å²) in [7, 11) is 0. The van der Waals surface area contributed by atoms with Gasteiger partial charge in [-0.1, -0.05) is 30.3 Å². The maximum atomic E-state index is 13.0. The second-order valence-corrected chi connectivity index (χ2v) is 9.61. The molecule has 1 aliphatic rings. The fourth-order valence-corrected chi connectivity index (χ4v) is 4.91. The fourth-order valence-electron chi connectivity index (χ4n) is 4.50. The number of thioether (sulfide) groups is 1. The van der Waals surface area contributed by atoms with Crippen molar-refractivity contribution in [2.45, 2.75) is 31.6 Å². The number of carbonyl (C=O) groups excluding carboxylic acids is 1. The normalized spacial score (nSPS) is 14.8. The first-order valence-corrected chi connectivity index (χ1v) is 12.6. The molecule has 1 unspecified atom stereocenters. The summed E-state index contributed by atoms with van der Waals surface area (Å²) < 4.78 is 17.4. The molecule has 36 heavy (non-hydrogen) atoms. The van der Waals surface area contributed by atoms with Gasteiger partial charge in [-0.25, -0.2) is 4.79 Å². The molecule has 0 radical (unpaired) electrons. The maximum absolute atomic E-state index is 13.0. The van der Waals surface area contributed by atoms with Crippen LogP contribution < -0.4 is 15.2 Å². The van der Waals surface area contributed by atoms with Gasteiger partial charge in [0.2, 0.25) is 11.6 Å². The number of nitrogens with zero attached hydrogens (tertiary/aromatic N) is 1. The van der Waals surface area contributed by atoms with Crippen LogP contribution in [-0.4, -0.2) is 12.2 Å². The minimum atomic E-state index is -0.595. The Bertz CT molecular complexity index is 1590. The number of ether oxygens (including phenoxy) is 2. The van der Waals surface area contributed by atoms with E-state index in [1.807, 2.05) is 63.4 Å². The van der Waals surface area contributed by atoms with Crippen LogP contribution in [0.5, 0.6) is 11.5 Å². The number of allylic oxidation sites excluding steroid dienone is 1. The smallest absolute Gasteiger partial charge is 0.379 e. The molecule has 6 nitrogen and oxygen atoms in total. The lowest BCUT2D eigenvalue weighted by atomic mass is 9.83. The van der Waals surface area contributed by atoms with Crippen LogP contribution in [0, 0.1) is 32.1 Å². The number of aryl methyl sites for hydroxylation is 3. The average Bonchev–Trinajstić information content (AvgIpc) is 3.22. The van der Waals surface area contributed by atoms with E-state index in [9.17, 15) is 10.1 Å². The summed E-state index contributed by atoms with van der Waals surface area (Å²) >= 11 is 1.64. The van der Waals surface area contributed by atoms with Gasteiger partial charge in [0.25, 0.3) is 0 Å². The average molecular weight is 497 g/mol. The highest BCUT2D eigenvalue weighted by molar-refractivity contribution is 7.98. The van der Waals surface area contributed by atoms with Crippen molar-refractivity contribution in [1.29, 1.82) is 5.26 Å². The van der Waals surface area contributed by atoms with E-state index in [-0.39, 0.29) is 23.3 Å². The molecule has 1 aromatic heterocycles. The van der Waals surface area contributed by atoms with Crippen molar-refractivity contribution in [2.75, 3.05) is 6.26 Å². The van der Waals surface area contributed by atoms with Gasteiger partial charge < -0.3 is 19.6 Å². The van der Waals surface area contributed by atoms with Crippen molar-refractivity contribution in [3.63, 3.8) is 0 Å². The number of carbonyl (C=O) groups is 1. The van der Waals surface area contributed by atoms with Crippen molar-refractivity contribution in [2.24, 2.45) is 5.73 Å². The van der Waals surface area contributed by atoms with Crippen LogP contribution in [0.2, 0.25) is 0 Å². The second-order valence-electron chi connectivity index (χ2n) is 8.73. The Morgan fingerprint density at radius 1 is 1.06 bits per heavy atom. The quantitative estimate of drug-likeness (QED) is 0.195. The molecule has 7 heteroatoms. The van der Waals surface area contributed by atoms with Crippen LogP contribution in [0.25, 0.3) is 11.0 Å². The number of esters is 1. The summed E-state index contributed by atoms with van der Waals surface area (Å²) in [5.41, 5.74) is 11.6. The Labute approximate surface area is 213 Å². The number of nitrogens with two attached hydrogens (primary N) is 1. The molecular weight excluding hydrogens is 472 g/mol. The van der Waals surface area contributed by atoms with E-state index in [2.05, 4.69) is 6.07 Å². The van der Waals surface area contributed by atoms with Crippen LogP contribution in [0.3, 0.4) is 0 Å². The largest absolute Gasteiger partial charge is 0.448 e. The van der Waals surface area contributed by atoms with Gasteiger partial charge in [-0.3, -0.25) is 0 Å². The first-order valence-electron chi connectivity index (χ1n) is 11.4. The topological polar surface area (TPSA) is 98.5 Å². The number of furan rings is 1. The molecule has 0 saturated carbocycles. The van der Waals surface area contributed by atoms with Gasteiger partial charge in [-0.05, 0) is 61.9 Å². The Morgan fingerprint density at radius 3 is 2.50 bits per heavy atom. The van der Waals surface area contributed by atoms with Gasteiger partial charge in [-0.2, -0.15) is 5.26 Å². The molecule has 1 atom stereocenters. The Balaban J connectivity index is 1.49. The number of hydrogen-bond acceptors (Lipinski definition) is 7. The molecule has 0 spiro atoms. The summed E-state index contributed by atoms with van der Waals surface area (Å²) in [6, 6.07) is 19.2. The molecule has 1 aliphatic heterocycles. The number of rotatable bonds is 4. The minimum absolute atomic E-state index is 0.0337. The predicted octanol–water partition coefficient (Wildman–Crippen LogP) is 6.52. The summed E-state index contributed by atoms with van der Waals surface area (Å²) in [6.45, 7) is 5.81. The van der Waals surface area contributed by atoms with Crippen LogP contribution >= 0.6 is 11.8 Å². The van der Waals surface area contributed by atoms with E-state index < -0.39 is 5.97 Å². The zero-order chi connectivity index (χ0) is 25.6. The lowest BCUT2D eigenvalue weighted by Crippen LogP contribution is -2.21. The Hall–Kier alpha value is -4.15. The van der Waals surface area contributed by atoms with Crippen molar-refractivity contribution in [1.82, 2.24) is 0 Å². The minimum Gasteiger partial charge on any atom is -0.448 e. The van der Waals surface area contributed by atoms with Crippen LogP contribution in [-0.2, 0) is 0 Å². The number of nitriles is 1. The standard InChI is InChI=1S/C29H24N2O4S/c1-15-5-11-21-17(3)27(35-26(21)16(15)2)29(32)33-19-8-12-22-24(13-19)34-28(31)23(14-30)25(22)18-6-9-20(36-4)10-7-18/h5-13,25H,31H2,1-4H3. The van der Waals surface area contributed by atoms with Gasteiger partial charge in [0.05, 0.1) is 5.92 Å². The number of fused-ring (bicyclic) bond motifs is 2. The molecule has 0 fully saturated rings. The van der Waals surface area contributed by atoms with E-state index in [0.717, 1.165) is 38.1 Å². The summed E-state index contributed by atoms with van der Waals surface area (Å²) in [6.07, 6.45) is 2.01. The lowest BCUT2D eigenvalue weighted by Gasteiger charge is -2.26. The first kappa shape index (κ1) is 23.6. The first-order chi connectivity index (χ1) is 17.3. The molecule has 5 rings (SSSR count). The molecule has 0 saturated heterocycles. The zero-order valence-corrected chi connectivity index (χ0v) is 21.2. The van der Waals surface area contributed by atoms with Gasteiger partial charge in [0.15, 0.2) is 0 Å². The lowest BCUT2D eigenvalue weighted by molar-refractivity contribution is 0.0702. The molecule has 3 aromatic carbocycles. The van der Waals surface area contributed by atoms with E-state index >= 15 is 0 Å². The molecule has 4 aromatic rings. The summed E-state index contributed by atoms with van der Waals surface area (Å²) in [5, 5.41) is 10.7. The molecule has 0 amide bonds. The Morgan fingerprint density at radius 2 is 1.81 bits per heavy atom. The van der Waals surface area contributed by atoms with Crippen LogP contribution in [0.4, 0.5) is 0 Å². The van der Waals surface area contributed by atoms with Crippen molar-refractivity contribution >= 4 is 28.7 Å². The third-order valence-corrected chi connectivity index (χ3v) is 7.40. The monoisotopic (exact) mass is 496 g/mol. The molecule has 0 aliphatic carbocycles. The zero-order valence-electron chi connectivity index (χ0n) is 20.3. The van der Waals surface area contributed by atoms with E-state index in [1.165, 1.54) is 0 Å². The summed E-state index contributed by atoms with van der Waals surface area (Å²) in [5.74, 6) is -0.0633. The van der Waals surface area contributed by atoms with Gasteiger partial charge >= 0.3 is 5.97 Å². The van der Waals surface area contributed by atoms with Gasteiger partial charge in [-0.15, -0.1) is 11.8 Å². The van der Waals surface area contributed by atoms with Crippen molar-refractivity contribution < 1.29 is 18.7 Å². The van der Waals surface area contributed by atoms with Gasteiger partial charge in [0, 0.05) is 27.5 Å². The third kappa shape index (κ3) is 3.90. The van der Waals surface area contributed by atoms with E-state index in [1.54, 1.807) is 30.0 Å². The predicted molar refractivity (Wildman–Crippen MR) is 139 cm³/mol. The molecule has 2 heterocycles. The molecule has 180 valence electrons. The van der Waals surface area contributed by atoms with Crippen LogP contribution in [0.1, 0.15) is 44.3 Å². The second kappa shape index (κ2) is 9.14. The highest BCUT2D eigenvalue weighted by atomic mass is 32.2. The number of hydrogen-bond donors (Lipinski definition) is 1. The third-order valence-electron chi connectivity index (χ3n) is 6.66. The van der Waals surface area contributed by atoms with E-state index in [4.69, 9.17) is 19.6 Å². The fraction of sp³-hybridized carbons (Fsp3) is 0.172. The van der Waals surface area contributed by atoms with Crippen LogP contribution in [0.15, 0.2) is 75.4 Å². The number of benzene rings is 3. The molecule has 0 bridgehead atoms. The summed E-state index contributed by atoms with van der Waals surface area (Å²) in [4.78, 5) is 14.2. The molecular formula is C29H24N2O4S. The highest BCUT2D eigenvalue weighted by Gasteiger charge is 2.31. The van der Waals surface area contributed by atoms with Crippen molar-refractivity contribution in [3.8, 4) is 17.6 Å². The SMILES string of the molecule is CSc1ccc(C2C(C#N)=C(N)Oc3cc(OC(=O)c4oc5c(C)c(C)ccc5c4C)ccc32)cc1. The highest BCUT2D eigenvalue weighted by Crippen LogP contribution is 2.43. The van der Waals surface area contributed by atoms with E-state index in [0.29, 0.717) is 16.9 Å². The maximum Gasteiger partial charge on any atom is 0.379 e. The van der Waals surface area contributed by atoms with Gasteiger partial charge in [0.1, 0.15) is 28.7 Å². The molecule has 2 N–H and O–H groups in total. The Kier molecular flexibility index (Phi) is 5.99. The van der Waals surface area contributed by atoms with Crippen molar-refractivity contribution in [3.05, 3.63) is 99.6 Å².